The number of hydrogen-bond donors (Lipinski definition) is 1. The Labute approximate surface area is 198 Å². The van der Waals surface area contributed by atoms with Gasteiger partial charge in [0.15, 0.2) is 0 Å². The zero-order valence-corrected chi connectivity index (χ0v) is 19.6. The number of nitrogens with zero attached hydrogens (tertiary/aromatic N) is 4. The van der Waals surface area contributed by atoms with E-state index < -0.39 is 11.3 Å². The van der Waals surface area contributed by atoms with Crippen molar-refractivity contribution in [3.63, 3.8) is 0 Å². The summed E-state index contributed by atoms with van der Waals surface area (Å²) in [6, 6.07) is 6.05. The number of carbonyl (C=O) groups is 2. The van der Waals surface area contributed by atoms with E-state index in [9.17, 15) is 14.4 Å². The number of fused-ring (bicyclic) bond motifs is 1. The van der Waals surface area contributed by atoms with Gasteiger partial charge in [0.25, 0.3) is 11.8 Å². The minimum absolute atomic E-state index is 0.0237. The van der Waals surface area contributed by atoms with Gasteiger partial charge in [-0.1, -0.05) is 25.3 Å². The number of pyridine rings is 2. The molecule has 8 heteroatoms. The number of nitrogens with one attached hydrogen (secondary N) is 1. The van der Waals surface area contributed by atoms with Crippen molar-refractivity contribution in [3.8, 4) is 0 Å². The highest BCUT2D eigenvalue weighted by atomic mass is 16.2. The fourth-order valence-electron chi connectivity index (χ4n) is 5.14. The van der Waals surface area contributed by atoms with E-state index in [0.717, 1.165) is 49.9 Å². The fraction of sp³-hybridized carbons (Fsp3) is 0.462. The van der Waals surface area contributed by atoms with E-state index in [4.69, 9.17) is 0 Å². The van der Waals surface area contributed by atoms with Crippen molar-refractivity contribution in [3.05, 3.63) is 69.5 Å². The average molecular weight is 462 g/mol. The molecule has 1 aliphatic carbocycles. The largest absolute Gasteiger partial charge is 0.349 e. The Morgan fingerprint density at radius 2 is 1.74 bits per heavy atom. The molecule has 0 spiro atoms. The second-order valence-corrected chi connectivity index (χ2v) is 9.46. The first-order valence-electron chi connectivity index (χ1n) is 12.3. The molecule has 1 N–H and O–H groups in total. The van der Waals surface area contributed by atoms with E-state index >= 15 is 0 Å². The molecular weight excluding hydrogens is 430 g/mol. The zero-order valence-electron chi connectivity index (χ0n) is 19.6. The molecular formula is C26H31N5O3. The Bertz CT molecular complexity index is 1280. The van der Waals surface area contributed by atoms with Gasteiger partial charge in [-0.3, -0.25) is 14.4 Å². The van der Waals surface area contributed by atoms with Gasteiger partial charge in [-0.25, -0.2) is 4.98 Å². The third-order valence-electron chi connectivity index (χ3n) is 7.09. The van der Waals surface area contributed by atoms with E-state index in [1.807, 2.05) is 40.3 Å². The molecule has 3 aromatic heterocycles. The van der Waals surface area contributed by atoms with Gasteiger partial charge in [0, 0.05) is 43.4 Å². The summed E-state index contributed by atoms with van der Waals surface area (Å²) in [6.45, 7) is 3.51. The molecule has 3 aromatic rings. The summed E-state index contributed by atoms with van der Waals surface area (Å²) >= 11 is 0. The zero-order chi connectivity index (χ0) is 23.7. The summed E-state index contributed by atoms with van der Waals surface area (Å²) in [4.78, 5) is 45.9. The minimum atomic E-state index is -0.493. The maximum absolute atomic E-state index is 13.3. The Hall–Kier alpha value is -3.42. The average Bonchev–Trinajstić information content (AvgIpc) is 3.54. The van der Waals surface area contributed by atoms with Crippen LogP contribution >= 0.6 is 0 Å². The lowest BCUT2D eigenvalue weighted by atomic mass is 9.95. The third-order valence-corrected chi connectivity index (χ3v) is 7.09. The van der Waals surface area contributed by atoms with Crippen molar-refractivity contribution in [2.24, 2.45) is 0 Å². The summed E-state index contributed by atoms with van der Waals surface area (Å²) < 4.78 is 3.90. The van der Waals surface area contributed by atoms with E-state index in [0.29, 0.717) is 18.8 Å². The van der Waals surface area contributed by atoms with Crippen LogP contribution in [0.25, 0.3) is 5.65 Å². The van der Waals surface area contributed by atoms with Crippen LogP contribution in [0.1, 0.15) is 83.1 Å². The Morgan fingerprint density at radius 3 is 2.47 bits per heavy atom. The lowest BCUT2D eigenvalue weighted by Gasteiger charge is -2.26. The van der Waals surface area contributed by atoms with E-state index in [1.54, 1.807) is 17.3 Å². The molecule has 0 aromatic carbocycles. The number of amides is 2. The predicted octanol–water partition coefficient (Wildman–Crippen LogP) is 3.48. The molecule has 0 bridgehead atoms. The van der Waals surface area contributed by atoms with Crippen LogP contribution in [0.15, 0.2) is 41.6 Å². The quantitative estimate of drug-likeness (QED) is 0.630. The first-order valence-corrected chi connectivity index (χ1v) is 12.3. The van der Waals surface area contributed by atoms with Crippen LogP contribution in [0.2, 0.25) is 0 Å². The van der Waals surface area contributed by atoms with E-state index in [-0.39, 0.29) is 29.6 Å². The topological polar surface area (TPSA) is 88.7 Å². The van der Waals surface area contributed by atoms with Gasteiger partial charge in [0.05, 0.1) is 12.2 Å². The maximum Gasteiger partial charge on any atom is 0.259 e. The first kappa shape index (κ1) is 22.4. The molecule has 0 unspecified atom stereocenters. The molecule has 4 heterocycles. The molecule has 178 valence electrons. The van der Waals surface area contributed by atoms with Crippen molar-refractivity contribution in [2.45, 2.75) is 64.5 Å². The highest BCUT2D eigenvalue weighted by molar-refractivity contribution is 5.99. The van der Waals surface area contributed by atoms with Crippen LogP contribution in [-0.4, -0.2) is 43.8 Å². The van der Waals surface area contributed by atoms with Crippen molar-refractivity contribution in [1.29, 1.82) is 0 Å². The standard InChI is InChI=1S/C26H31N5O3/c1-18-8-7-11-23-28-19(15-31(18)23)14-27-25(33)21-16-30(20-9-3-2-4-10-20)17-22(24(21)32)26(34)29-12-5-6-13-29/h7-8,11,15-17,20H,2-6,9-10,12-14H2,1H3,(H,27,33). The summed E-state index contributed by atoms with van der Waals surface area (Å²) in [5.74, 6) is -0.739. The highest BCUT2D eigenvalue weighted by Gasteiger charge is 2.27. The van der Waals surface area contributed by atoms with Crippen LogP contribution in [0.3, 0.4) is 0 Å². The minimum Gasteiger partial charge on any atom is -0.349 e. The van der Waals surface area contributed by atoms with Crippen molar-refractivity contribution < 1.29 is 9.59 Å². The Kier molecular flexibility index (Phi) is 6.22. The molecule has 5 rings (SSSR count). The molecule has 2 fully saturated rings. The van der Waals surface area contributed by atoms with Crippen LogP contribution in [0, 0.1) is 6.92 Å². The van der Waals surface area contributed by atoms with E-state index in [1.165, 1.54) is 6.42 Å². The van der Waals surface area contributed by atoms with Crippen LogP contribution in [-0.2, 0) is 6.54 Å². The second-order valence-electron chi connectivity index (χ2n) is 9.46. The molecule has 2 aliphatic rings. The van der Waals surface area contributed by atoms with Crippen molar-refractivity contribution in [2.75, 3.05) is 13.1 Å². The van der Waals surface area contributed by atoms with Gasteiger partial charge in [-0.15, -0.1) is 0 Å². The molecule has 1 saturated carbocycles. The molecule has 0 radical (unpaired) electrons. The predicted molar refractivity (Wildman–Crippen MR) is 129 cm³/mol. The summed E-state index contributed by atoms with van der Waals surface area (Å²) in [6.07, 6.45) is 12.5. The maximum atomic E-state index is 13.3. The summed E-state index contributed by atoms with van der Waals surface area (Å²) in [5.41, 5.74) is 2.19. The normalized spacial score (nSPS) is 16.8. The lowest BCUT2D eigenvalue weighted by Crippen LogP contribution is -2.37. The number of imidazole rings is 1. The number of hydrogen-bond acceptors (Lipinski definition) is 4. The molecule has 34 heavy (non-hydrogen) atoms. The molecule has 0 atom stereocenters. The van der Waals surface area contributed by atoms with Gasteiger partial charge >= 0.3 is 0 Å². The SMILES string of the molecule is Cc1cccc2nc(CNC(=O)c3cn(C4CCCCC4)cc(C(=O)N4CCCC4)c3=O)cn12. The second kappa shape index (κ2) is 9.44. The Morgan fingerprint density at radius 1 is 1.00 bits per heavy atom. The van der Waals surface area contributed by atoms with Gasteiger partial charge in [-0.05, 0) is 44.7 Å². The lowest BCUT2D eigenvalue weighted by molar-refractivity contribution is 0.0790. The number of rotatable bonds is 5. The van der Waals surface area contributed by atoms with Gasteiger partial charge in [-0.2, -0.15) is 0 Å². The summed E-state index contributed by atoms with van der Waals surface area (Å²) in [7, 11) is 0. The first-order chi connectivity index (χ1) is 16.5. The molecule has 1 aliphatic heterocycles. The smallest absolute Gasteiger partial charge is 0.259 e. The number of aryl methyl sites for hydroxylation is 1. The number of carbonyl (C=O) groups excluding carboxylic acids is 2. The Balaban J connectivity index is 1.43. The molecule has 1 saturated heterocycles. The van der Waals surface area contributed by atoms with Crippen LogP contribution < -0.4 is 10.7 Å². The number of aromatic nitrogens is 3. The fourth-order valence-corrected chi connectivity index (χ4v) is 5.14. The summed E-state index contributed by atoms with van der Waals surface area (Å²) in [5, 5.41) is 2.85. The van der Waals surface area contributed by atoms with E-state index in [2.05, 4.69) is 10.3 Å². The molecule has 8 nitrogen and oxygen atoms in total. The third kappa shape index (κ3) is 4.36. The monoisotopic (exact) mass is 461 g/mol. The van der Waals surface area contributed by atoms with Crippen molar-refractivity contribution >= 4 is 17.5 Å². The van der Waals surface area contributed by atoms with Gasteiger partial charge in [0.1, 0.15) is 16.8 Å². The van der Waals surface area contributed by atoms with Crippen molar-refractivity contribution in [1.82, 2.24) is 24.2 Å². The van der Waals surface area contributed by atoms with Gasteiger partial charge in [0.2, 0.25) is 5.43 Å². The molecule has 2 amide bonds. The van der Waals surface area contributed by atoms with Crippen LogP contribution in [0.4, 0.5) is 0 Å². The number of likely N-dealkylation sites (tertiary alicyclic amines) is 1. The highest BCUT2D eigenvalue weighted by Crippen LogP contribution is 2.28. The van der Waals surface area contributed by atoms with Crippen LogP contribution in [0.5, 0.6) is 0 Å². The van der Waals surface area contributed by atoms with Gasteiger partial charge < -0.3 is 19.2 Å².